The molecule has 0 unspecified atom stereocenters. The molecule has 0 spiro atoms. The quantitative estimate of drug-likeness (QED) is 0.388. The second kappa shape index (κ2) is 11.3. The molecule has 0 saturated carbocycles. The number of nitrogens with two attached hydrogens (primary N) is 1. The van der Waals surface area contributed by atoms with E-state index in [2.05, 4.69) is 10.4 Å². The van der Waals surface area contributed by atoms with E-state index in [0.29, 0.717) is 25.2 Å². The Morgan fingerprint density at radius 3 is 2.68 bits per heavy atom. The molecule has 1 amide bonds. The molecular formula is C24H28F2N4O3S. The van der Waals surface area contributed by atoms with Gasteiger partial charge in [0.2, 0.25) is 0 Å². The fourth-order valence-electron chi connectivity index (χ4n) is 3.58. The Hall–Kier alpha value is -3.11. The first kappa shape index (κ1) is 25.5. The number of hydrogen-bond acceptors (Lipinski definition) is 7. The summed E-state index contributed by atoms with van der Waals surface area (Å²) < 4.78 is 38.8. The first-order chi connectivity index (χ1) is 16.3. The van der Waals surface area contributed by atoms with Crippen molar-refractivity contribution in [2.75, 3.05) is 20.8 Å². The third-order valence-electron chi connectivity index (χ3n) is 5.36. The molecule has 34 heavy (non-hydrogen) atoms. The molecule has 1 heterocycles. The van der Waals surface area contributed by atoms with E-state index in [1.54, 1.807) is 6.92 Å². The summed E-state index contributed by atoms with van der Waals surface area (Å²) in [7, 11) is 2.93. The minimum absolute atomic E-state index is 0.00364. The van der Waals surface area contributed by atoms with E-state index in [4.69, 9.17) is 15.2 Å². The van der Waals surface area contributed by atoms with E-state index in [0.717, 1.165) is 23.8 Å². The minimum Gasteiger partial charge on any atom is -0.501 e. The Morgan fingerprint density at radius 2 is 2.00 bits per heavy atom. The first-order valence-electron chi connectivity index (χ1n) is 10.7. The van der Waals surface area contributed by atoms with Gasteiger partial charge in [0.1, 0.15) is 39.7 Å². The predicted octanol–water partition coefficient (Wildman–Crippen LogP) is 3.86. The molecule has 3 rings (SSSR count). The molecule has 2 atom stereocenters. The van der Waals surface area contributed by atoms with Crippen molar-refractivity contribution in [2.45, 2.75) is 30.7 Å². The lowest BCUT2D eigenvalue weighted by molar-refractivity contribution is -0.144. The SMILES string of the molecule is CO/C=C(/N)NCCC[C@@]1(c2ccccc2)SC(c2cc(F)ccc2F)=NN1C(=O)[C@H](C)OC. The summed E-state index contributed by atoms with van der Waals surface area (Å²) in [5.41, 5.74) is 6.62. The normalized spacial score (nSPS) is 19.0. The average molecular weight is 491 g/mol. The van der Waals surface area contributed by atoms with Crippen LogP contribution in [0.1, 0.15) is 30.9 Å². The van der Waals surface area contributed by atoms with Gasteiger partial charge in [0.15, 0.2) is 0 Å². The van der Waals surface area contributed by atoms with Crippen molar-refractivity contribution in [1.29, 1.82) is 0 Å². The monoisotopic (exact) mass is 490 g/mol. The smallest absolute Gasteiger partial charge is 0.273 e. The number of hydrogen-bond donors (Lipinski definition) is 2. The lowest BCUT2D eigenvalue weighted by Crippen LogP contribution is -2.46. The highest BCUT2D eigenvalue weighted by Gasteiger charge is 2.49. The Bertz CT molecular complexity index is 1070. The van der Waals surface area contributed by atoms with Gasteiger partial charge in [-0.2, -0.15) is 5.10 Å². The Kier molecular flexibility index (Phi) is 8.51. The van der Waals surface area contributed by atoms with Gasteiger partial charge in [-0.1, -0.05) is 42.1 Å². The third kappa shape index (κ3) is 5.51. The Labute approximate surface area is 202 Å². The van der Waals surface area contributed by atoms with Crippen LogP contribution in [0.4, 0.5) is 8.78 Å². The summed E-state index contributed by atoms with van der Waals surface area (Å²) in [4.78, 5) is 12.4. The second-order valence-electron chi connectivity index (χ2n) is 7.65. The Balaban J connectivity index is 2.03. The maximum absolute atomic E-state index is 14.7. The van der Waals surface area contributed by atoms with Crippen molar-refractivity contribution in [2.24, 2.45) is 10.8 Å². The Morgan fingerprint density at radius 1 is 1.26 bits per heavy atom. The van der Waals surface area contributed by atoms with E-state index in [-0.39, 0.29) is 10.6 Å². The van der Waals surface area contributed by atoms with Gasteiger partial charge in [0.25, 0.3) is 5.91 Å². The number of nitrogens with one attached hydrogen (secondary N) is 1. The van der Waals surface area contributed by atoms with Gasteiger partial charge in [0, 0.05) is 19.2 Å². The van der Waals surface area contributed by atoms with E-state index in [1.165, 1.54) is 37.3 Å². The molecule has 7 nitrogen and oxygen atoms in total. The van der Waals surface area contributed by atoms with Crippen LogP contribution in [-0.4, -0.2) is 42.8 Å². The number of hydrazone groups is 1. The van der Waals surface area contributed by atoms with Crippen molar-refractivity contribution in [3.05, 3.63) is 83.4 Å². The van der Waals surface area contributed by atoms with Crippen molar-refractivity contribution < 1.29 is 23.0 Å². The number of halogens is 2. The molecule has 0 saturated heterocycles. The van der Waals surface area contributed by atoms with Crippen LogP contribution in [0.3, 0.4) is 0 Å². The molecule has 3 N–H and O–H groups in total. The summed E-state index contributed by atoms with van der Waals surface area (Å²) in [5.74, 6) is -1.24. The number of nitrogens with zero attached hydrogens (tertiary/aromatic N) is 2. The van der Waals surface area contributed by atoms with Crippen molar-refractivity contribution in [3.8, 4) is 0 Å². The molecule has 0 bridgehead atoms. The van der Waals surface area contributed by atoms with Crippen molar-refractivity contribution in [1.82, 2.24) is 10.3 Å². The number of ether oxygens (including phenoxy) is 2. The highest BCUT2D eigenvalue weighted by atomic mass is 32.2. The fraction of sp³-hybridized carbons (Fsp3) is 0.333. The molecule has 182 valence electrons. The molecular weight excluding hydrogens is 462 g/mol. The summed E-state index contributed by atoms with van der Waals surface area (Å²) >= 11 is 1.22. The first-order valence-corrected chi connectivity index (χ1v) is 11.5. The highest BCUT2D eigenvalue weighted by molar-refractivity contribution is 8.15. The standard InChI is InChI=1S/C24H28F2N4O3S/c1-16(33-3)23(31)30-24(17-8-5-4-6-9-17,12-7-13-28-21(27)15-32-2)34-22(29-30)19-14-18(25)10-11-20(19)26/h4-6,8-11,14-16,28H,7,12-13,27H2,1-3H3/b21-15-/t16-,24-/m0/s1. The van der Waals surface area contributed by atoms with E-state index in [9.17, 15) is 13.6 Å². The number of benzene rings is 2. The van der Waals surface area contributed by atoms with Gasteiger partial charge >= 0.3 is 0 Å². The van der Waals surface area contributed by atoms with Crippen molar-refractivity contribution in [3.63, 3.8) is 0 Å². The van der Waals surface area contributed by atoms with Crippen LogP contribution in [0.15, 0.2) is 65.7 Å². The summed E-state index contributed by atoms with van der Waals surface area (Å²) in [5, 5.41) is 9.10. The van der Waals surface area contributed by atoms with Crippen LogP contribution < -0.4 is 11.1 Å². The number of thioether (sulfide) groups is 1. The molecule has 1 aliphatic rings. The lowest BCUT2D eigenvalue weighted by Gasteiger charge is -2.37. The summed E-state index contributed by atoms with van der Waals surface area (Å²) in [6.45, 7) is 2.11. The average Bonchev–Trinajstić information content (AvgIpc) is 3.23. The van der Waals surface area contributed by atoms with Crippen LogP contribution >= 0.6 is 11.8 Å². The molecule has 2 aromatic carbocycles. The van der Waals surface area contributed by atoms with Gasteiger partial charge < -0.3 is 20.5 Å². The molecule has 0 fully saturated rings. The zero-order valence-electron chi connectivity index (χ0n) is 19.3. The van der Waals surface area contributed by atoms with Crippen LogP contribution in [0.2, 0.25) is 0 Å². The van der Waals surface area contributed by atoms with Crippen LogP contribution in [0.25, 0.3) is 0 Å². The molecule has 1 aliphatic heterocycles. The topological polar surface area (TPSA) is 89.2 Å². The summed E-state index contributed by atoms with van der Waals surface area (Å²) in [6.07, 6.45) is 1.63. The number of amides is 1. The second-order valence-corrected chi connectivity index (χ2v) is 8.92. The number of carbonyl (C=O) groups excluding carboxylic acids is 1. The van der Waals surface area contributed by atoms with Gasteiger partial charge in [-0.05, 0) is 43.5 Å². The van der Waals surface area contributed by atoms with E-state index >= 15 is 0 Å². The minimum atomic E-state index is -0.999. The van der Waals surface area contributed by atoms with Crippen molar-refractivity contribution >= 4 is 22.7 Å². The van der Waals surface area contributed by atoms with E-state index < -0.39 is 28.5 Å². The predicted molar refractivity (Wildman–Crippen MR) is 128 cm³/mol. The van der Waals surface area contributed by atoms with Crippen LogP contribution in [0.5, 0.6) is 0 Å². The van der Waals surface area contributed by atoms with Crippen LogP contribution in [-0.2, 0) is 19.1 Å². The number of rotatable bonds is 10. The van der Waals surface area contributed by atoms with Crippen LogP contribution in [0, 0.1) is 11.6 Å². The molecule has 10 heteroatoms. The maximum atomic E-state index is 14.7. The molecule has 2 aromatic rings. The fourth-order valence-corrected chi connectivity index (χ4v) is 5.00. The summed E-state index contributed by atoms with van der Waals surface area (Å²) in [6, 6.07) is 12.5. The molecule has 0 aliphatic carbocycles. The molecule has 0 aromatic heterocycles. The van der Waals surface area contributed by atoms with Gasteiger partial charge in [0.05, 0.1) is 7.11 Å². The maximum Gasteiger partial charge on any atom is 0.273 e. The van der Waals surface area contributed by atoms with E-state index in [1.807, 2.05) is 30.3 Å². The van der Waals surface area contributed by atoms with Gasteiger partial charge in [-0.25, -0.2) is 13.8 Å². The highest BCUT2D eigenvalue weighted by Crippen LogP contribution is 2.50. The molecule has 0 radical (unpaired) electrons. The van der Waals surface area contributed by atoms with Gasteiger partial charge in [-0.3, -0.25) is 4.79 Å². The third-order valence-corrected chi connectivity index (χ3v) is 6.80. The largest absolute Gasteiger partial charge is 0.501 e. The lowest BCUT2D eigenvalue weighted by atomic mass is 9.99. The zero-order valence-corrected chi connectivity index (χ0v) is 20.1. The zero-order chi connectivity index (χ0) is 24.7. The number of methoxy groups -OCH3 is 2. The number of carbonyl (C=O) groups is 1. The van der Waals surface area contributed by atoms with Gasteiger partial charge in [-0.15, -0.1) is 0 Å².